The van der Waals surface area contributed by atoms with E-state index in [1.165, 1.54) is 0 Å². The molecular weight excluding hydrogens is 296 g/mol. The molecule has 0 aliphatic heterocycles. The van der Waals surface area contributed by atoms with E-state index in [1.54, 1.807) is 24.4 Å². The summed E-state index contributed by atoms with van der Waals surface area (Å²) >= 11 is 0. The molecule has 0 saturated carbocycles. The highest BCUT2D eigenvalue weighted by Crippen LogP contribution is 2.23. The summed E-state index contributed by atoms with van der Waals surface area (Å²) in [5.41, 5.74) is 2.74. The largest absolute Gasteiger partial charge is 0.262 e. The van der Waals surface area contributed by atoms with Crippen molar-refractivity contribution in [2.75, 3.05) is 0 Å². The maximum absolute atomic E-state index is 12.5. The van der Waals surface area contributed by atoms with Crippen molar-refractivity contribution in [1.82, 2.24) is 9.71 Å². The molecule has 0 radical (unpaired) electrons. The molecule has 0 amide bonds. The fourth-order valence-electron chi connectivity index (χ4n) is 2.57. The normalized spacial score (nSPS) is 17.8. The number of nitrogens with zero attached hydrogens (tertiary/aromatic N) is 1. The zero-order valence-corrected chi connectivity index (χ0v) is 13.2. The monoisotopic (exact) mass is 314 g/mol. The van der Waals surface area contributed by atoms with Gasteiger partial charge in [-0.2, -0.15) is 0 Å². The summed E-state index contributed by atoms with van der Waals surface area (Å²) in [5, 5.41) is 0. The Morgan fingerprint density at radius 1 is 1.18 bits per heavy atom. The molecule has 4 nitrogen and oxygen atoms in total. The number of pyridine rings is 1. The molecule has 0 fully saturated rings. The van der Waals surface area contributed by atoms with Gasteiger partial charge in [0.1, 0.15) is 0 Å². The lowest BCUT2D eigenvalue weighted by molar-refractivity contribution is 0.568. The van der Waals surface area contributed by atoms with E-state index in [1.807, 2.05) is 37.3 Å². The maximum Gasteiger partial charge on any atom is 0.241 e. The third kappa shape index (κ3) is 3.26. The van der Waals surface area contributed by atoms with Gasteiger partial charge in [-0.25, -0.2) is 13.1 Å². The van der Waals surface area contributed by atoms with E-state index in [-0.39, 0.29) is 6.04 Å². The van der Waals surface area contributed by atoms with Crippen molar-refractivity contribution in [2.24, 2.45) is 0 Å². The Morgan fingerprint density at radius 3 is 2.73 bits per heavy atom. The van der Waals surface area contributed by atoms with Crippen LogP contribution in [0.25, 0.3) is 11.1 Å². The average Bonchev–Trinajstić information content (AvgIpc) is 3.00. The van der Waals surface area contributed by atoms with Gasteiger partial charge in [0.2, 0.25) is 10.0 Å². The van der Waals surface area contributed by atoms with E-state index in [0.29, 0.717) is 4.90 Å². The van der Waals surface area contributed by atoms with Gasteiger partial charge in [-0.05, 0) is 55.2 Å². The van der Waals surface area contributed by atoms with E-state index < -0.39 is 10.0 Å². The molecule has 1 aromatic heterocycles. The lowest BCUT2D eigenvalue weighted by Crippen LogP contribution is -2.32. The molecule has 0 spiro atoms. The summed E-state index contributed by atoms with van der Waals surface area (Å²) in [4.78, 5) is 4.46. The average molecular weight is 314 g/mol. The highest BCUT2D eigenvalue weighted by molar-refractivity contribution is 7.89. The topological polar surface area (TPSA) is 59.1 Å². The Morgan fingerprint density at radius 2 is 2.00 bits per heavy atom. The summed E-state index contributed by atoms with van der Waals surface area (Å²) in [7, 11) is -3.50. The molecule has 2 aromatic rings. The minimum Gasteiger partial charge on any atom is -0.262 e. The first-order chi connectivity index (χ1) is 10.5. The summed E-state index contributed by atoms with van der Waals surface area (Å²) in [6, 6.07) is 10.7. The van der Waals surface area contributed by atoms with Crippen LogP contribution < -0.4 is 4.72 Å². The number of hydrogen-bond donors (Lipinski definition) is 1. The lowest BCUT2D eigenvalue weighted by atomic mass is 10.1. The number of hydrogen-bond acceptors (Lipinski definition) is 3. The van der Waals surface area contributed by atoms with Gasteiger partial charge in [0.25, 0.3) is 0 Å². The molecule has 5 heteroatoms. The second-order valence-corrected chi connectivity index (χ2v) is 7.16. The maximum atomic E-state index is 12.5. The van der Waals surface area contributed by atoms with Crippen molar-refractivity contribution >= 4 is 10.0 Å². The van der Waals surface area contributed by atoms with Crippen molar-refractivity contribution in [1.29, 1.82) is 0 Å². The van der Waals surface area contributed by atoms with Crippen LogP contribution in [0.2, 0.25) is 0 Å². The summed E-state index contributed by atoms with van der Waals surface area (Å²) in [6.07, 6.45) is 7.39. The second-order valence-electron chi connectivity index (χ2n) is 5.45. The number of nitrogens with one attached hydrogen (secondary N) is 1. The predicted molar refractivity (Wildman–Crippen MR) is 86.9 cm³/mol. The highest BCUT2D eigenvalue weighted by Gasteiger charge is 2.20. The lowest BCUT2D eigenvalue weighted by Gasteiger charge is -2.12. The number of sulfonamides is 1. The summed E-state index contributed by atoms with van der Waals surface area (Å²) < 4.78 is 27.7. The molecule has 1 aliphatic carbocycles. The van der Waals surface area contributed by atoms with Crippen LogP contribution in [0.4, 0.5) is 0 Å². The van der Waals surface area contributed by atoms with Gasteiger partial charge in [0, 0.05) is 17.9 Å². The second kappa shape index (κ2) is 6.02. The van der Waals surface area contributed by atoms with Crippen molar-refractivity contribution in [2.45, 2.75) is 30.7 Å². The Balaban J connectivity index is 1.92. The van der Waals surface area contributed by atoms with Crippen LogP contribution in [-0.2, 0) is 10.0 Å². The van der Waals surface area contributed by atoms with Crippen molar-refractivity contribution in [3.8, 4) is 11.1 Å². The molecule has 1 aromatic carbocycles. The highest BCUT2D eigenvalue weighted by atomic mass is 32.2. The van der Waals surface area contributed by atoms with Crippen molar-refractivity contribution in [3.63, 3.8) is 0 Å². The zero-order valence-electron chi connectivity index (χ0n) is 12.4. The van der Waals surface area contributed by atoms with E-state index in [0.717, 1.165) is 29.7 Å². The zero-order chi connectivity index (χ0) is 15.6. The molecule has 1 unspecified atom stereocenters. The summed E-state index contributed by atoms with van der Waals surface area (Å²) in [6.45, 7) is 1.91. The van der Waals surface area contributed by atoms with E-state index in [4.69, 9.17) is 0 Å². The third-order valence-corrected chi connectivity index (χ3v) is 5.18. The Kier molecular flexibility index (Phi) is 4.09. The van der Waals surface area contributed by atoms with Gasteiger partial charge in [-0.1, -0.05) is 24.3 Å². The van der Waals surface area contributed by atoms with Crippen molar-refractivity contribution in [3.05, 3.63) is 60.4 Å². The Hall–Kier alpha value is -1.98. The Labute approximate surface area is 131 Å². The number of aryl methyl sites for hydroxylation is 1. The molecule has 114 valence electrons. The van der Waals surface area contributed by atoms with E-state index >= 15 is 0 Å². The molecule has 1 atom stereocenters. The van der Waals surface area contributed by atoms with Crippen LogP contribution in [0, 0.1) is 6.92 Å². The number of aromatic nitrogens is 1. The quantitative estimate of drug-likeness (QED) is 0.882. The fraction of sp³-hybridized carbons (Fsp3) is 0.235. The Bertz CT molecular complexity index is 813. The number of benzene rings is 1. The van der Waals surface area contributed by atoms with Gasteiger partial charge in [0.05, 0.1) is 4.90 Å². The molecule has 1 heterocycles. The van der Waals surface area contributed by atoms with Gasteiger partial charge in [-0.15, -0.1) is 0 Å². The molecule has 1 aliphatic rings. The fourth-order valence-corrected chi connectivity index (χ4v) is 3.84. The molecular formula is C17H18N2O2S. The smallest absolute Gasteiger partial charge is 0.241 e. The van der Waals surface area contributed by atoms with Crippen LogP contribution >= 0.6 is 0 Å². The van der Waals surface area contributed by atoms with Crippen molar-refractivity contribution < 1.29 is 8.42 Å². The molecule has 22 heavy (non-hydrogen) atoms. The first-order valence-electron chi connectivity index (χ1n) is 7.27. The molecule has 0 bridgehead atoms. The molecule has 3 rings (SSSR count). The standard InChI is InChI=1S/C17H18N2O2S/c1-13-11-15(9-10-18-13)14-5-4-8-17(12-14)22(20,21)19-16-6-2-3-7-16/h2,4-6,8-12,16,19H,3,7H2,1H3. The van der Waals surface area contributed by atoms with E-state index in [9.17, 15) is 8.42 Å². The number of rotatable bonds is 4. The van der Waals surface area contributed by atoms with Crippen LogP contribution in [0.5, 0.6) is 0 Å². The van der Waals surface area contributed by atoms with Gasteiger partial charge in [0.15, 0.2) is 0 Å². The number of allylic oxidation sites excluding steroid dienone is 1. The molecule has 0 saturated heterocycles. The SMILES string of the molecule is Cc1cc(-c2cccc(S(=O)(=O)NC3C=CCC3)c2)ccn1. The van der Waals surface area contributed by atoms with Crippen LogP contribution in [0.3, 0.4) is 0 Å². The minimum atomic E-state index is -3.50. The minimum absolute atomic E-state index is 0.100. The first kappa shape index (κ1) is 14.9. The van der Waals surface area contributed by atoms with Gasteiger partial charge >= 0.3 is 0 Å². The first-order valence-corrected chi connectivity index (χ1v) is 8.75. The summed E-state index contributed by atoms with van der Waals surface area (Å²) in [5.74, 6) is 0. The van der Waals surface area contributed by atoms with Crippen LogP contribution in [0.1, 0.15) is 18.5 Å². The molecule has 1 N–H and O–H groups in total. The van der Waals surface area contributed by atoms with Gasteiger partial charge < -0.3 is 0 Å². The van der Waals surface area contributed by atoms with Crippen LogP contribution in [0.15, 0.2) is 59.6 Å². The van der Waals surface area contributed by atoms with E-state index in [2.05, 4.69) is 9.71 Å². The van der Waals surface area contributed by atoms with Crippen LogP contribution in [-0.4, -0.2) is 19.4 Å². The predicted octanol–water partition coefficient (Wildman–Crippen LogP) is 3.05. The third-order valence-electron chi connectivity index (χ3n) is 3.69. The van der Waals surface area contributed by atoms with Gasteiger partial charge in [-0.3, -0.25) is 4.98 Å².